The van der Waals surface area contributed by atoms with Gasteiger partial charge in [0.1, 0.15) is 0 Å². The van der Waals surface area contributed by atoms with Gasteiger partial charge in [-0.05, 0) is 24.7 Å². The minimum Gasteiger partial charge on any atom is -0.338 e. The van der Waals surface area contributed by atoms with E-state index in [9.17, 15) is 4.79 Å². The van der Waals surface area contributed by atoms with E-state index in [2.05, 4.69) is 6.92 Å². The molecule has 0 radical (unpaired) electrons. The van der Waals surface area contributed by atoms with Crippen molar-refractivity contribution in [3.8, 4) is 0 Å². The molecule has 1 amide bonds. The van der Waals surface area contributed by atoms with Gasteiger partial charge in [-0.1, -0.05) is 27.7 Å². The fourth-order valence-corrected chi connectivity index (χ4v) is 2.10. The van der Waals surface area contributed by atoms with Crippen LogP contribution in [0.2, 0.25) is 0 Å². The minimum absolute atomic E-state index is 0.131. The molecule has 1 aliphatic rings. The van der Waals surface area contributed by atoms with E-state index in [0.29, 0.717) is 6.04 Å². The maximum Gasteiger partial charge on any atom is 0.240 e. The molecule has 1 heterocycles. The smallest absolute Gasteiger partial charge is 0.240 e. The lowest BCUT2D eigenvalue weighted by Gasteiger charge is -2.32. The topological polar surface area (TPSA) is 46.3 Å². The molecule has 3 nitrogen and oxygen atoms in total. The Morgan fingerprint density at radius 1 is 1.53 bits per heavy atom. The third-order valence-electron chi connectivity index (χ3n) is 3.33. The van der Waals surface area contributed by atoms with E-state index in [1.54, 1.807) is 0 Å². The summed E-state index contributed by atoms with van der Waals surface area (Å²) < 4.78 is 0. The highest BCUT2D eigenvalue weighted by Crippen LogP contribution is 2.25. The van der Waals surface area contributed by atoms with Crippen LogP contribution in [0.15, 0.2) is 0 Å². The highest BCUT2D eigenvalue weighted by molar-refractivity contribution is 5.83. The highest BCUT2D eigenvalue weighted by Gasteiger charge is 2.35. The quantitative estimate of drug-likeness (QED) is 0.758. The molecule has 0 aromatic rings. The average molecular weight is 212 g/mol. The zero-order valence-corrected chi connectivity index (χ0v) is 10.4. The van der Waals surface area contributed by atoms with E-state index in [4.69, 9.17) is 5.73 Å². The van der Waals surface area contributed by atoms with Gasteiger partial charge in [-0.15, -0.1) is 0 Å². The molecule has 0 spiro atoms. The van der Waals surface area contributed by atoms with Crippen molar-refractivity contribution in [2.24, 2.45) is 11.1 Å². The Labute approximate surface area is 93.0 Å². The second-order valence-corrected chi connectivity index (χ2v) is 5.58. The van der Waals surface area contributed by atoms with Crippen LogP contribution in [-0.2, 0) is 4.79 Å². The van der Waals surface area contributed by atoms with Gasteiger partial charge in [0, 0.05) is 12.6 Å². The molecule has 1 unspecified atom stereocenters. The monoisotopic (exact) mass is 212 g/mol. The van der Waals surface area contributed by atoms with Crippen LogP contribution < -0.4 is 5.73 Å². The van der Waals surface area contributed by atoms with E-state index in [1.807, 2.05) is 25.7 Å². The van der Waals surface area contributed by atoms with Gasteiger partial charge in [0.2, 0.25) is 5.91 Å². The van der Waals surface area contributed by atoms with Crippen molar-refractivity contribution in [1.29, 1.82) is 0 Å². The molecule has 15 heavy (non-hydrogen) atoms. The summed E-state index contributed by atoms with van der Waals surface area (Å²) >= 11 is 0. The number of carbonyl (C=O) groups is 1. The van der Waals surface area contributed by atoms with Crippen LogP contribution in [0.5, 0.6) is 0 Å². The molecule has 3 heteroatoms. The van der Waals surface area contributed by atoms with Crippen LogP contribution in [0.4, 0.5) is 0 Å². The molecule has 1 rings (SSSR count). The number of nitrogens with two attached hydrogens (primary N) is 1. The van der Waals surface area contributed by atoms with Crippen LogP contribution in [0.3, 0.4) is 0 Å². The summed E-state index contributed by atoms with van der Waals surface area (Å²) in [6, 6.07) is 0.0514. The number of nitrogens with zero attached hydrogens (tertiary/aromatic N) is 1. The van der Waals surface area contributed by atoms with Crippen molar-refractivity contribution in [3.05, 3.63) is 0 Å². The van der Waals surface area contributed by atoms with Crippen molar-refractivity contribution in [1.82, 2.24) is 4.90 Å². The van der Waals surface area contributed by atoms with Gasteiger partial charge in [0.25, 0.3) is 0 Å². The molecule has 0 aromatic heterocycles. The third kappa shape index (κ3) is 2.71. The van der Waals surface area contributed by atoms with Crippen molar-refractivity contribution in [2.75, 3.05) is 6.54 Å². The summed E-state index contributed by atoms with van der Waals surface area (Å²) in [6.45, 7) is 9.09. The molecule has 0 aromatic carbocycles. The number of amides is 1. The SMILES string of the molecule is CCC1CCCN1C(=O)[C@H](N)C(C)(C)C. The van der Waals surface area contributed by atoms with E-state index < -0.39 is 0 Å². The van der Waals surface area contributed by atoms with E-state index in [-0.39, 0.29) is 17.4 Å². The summed E-state index contributed by atoms with van der Waals surface area (Å²) in [4.78, 5) is 14.1. The van der Waals surface area contributed by atoms with Crippen LogP contribution in [0.25, 0.3) is 0 Å². The summed E-state index contributed by atoms with van der Waals surface area (Å²) in [7, 11) is 0. The minimum atomic E-state index is -0.371. The van der Waals surface area contributed by atoms with Gasteiger partial charge < -0.3 is 10.6 Å². The molecule has 2 atom stereocenters. The largest absolute Gasteiger partial charge is 0.338 e. The molecule has 0 bridgehead atoms. The van der Waals surface area contributed by atoms with Gasteiger partial charge in [-0.2, -0.15) is 0 Å². The number of carbonyl (C=O) groups excluding carboxylic acids is 1. The van der Waals surface area contributed by atoms with Crippen molar-refractivity contribution in [2.45, 2.75) is 59.0 Å². The first-order valence-electron chi connectivity index (χ1n) is 5.94. The molecule has 0 aliphatic carbocycles. The summed E-state index contributed by atoms with van der Waals surface area (Å²) in [5, 5.41) is 0. The third-order valence-corrected chi connectivity index (χ3v) is 3.33. The van der Waals surface area contributed by atoms with E-state index in [0.717, 1.165) is 25.8 Å². The standard InChI is InChI=1S/C12H24N2O/c1-5-9-7-6-8-14(9)11(15)10(13)12(2,3)4/h9-10H,5-8,13H2,1-4H3/t9?,10-/m0/s1. The van der Waals surface area contributed by atoms with E-state index >= 15 is 0 Å². The lowest BCUT2D eigenvalue weighted by atomic mass is 9.86. The Kier molecular flexibility index (Phi) is 3.77. The van der Waals surface area contributed by atoms with E-state index in [1.165, 1.54) is 0 Å². The lowest BCUT2D eigenvalue weighted by Crippen LogP contribution is -2.51. The van der Waals surface area contributed by atoms with Gasteiger partial charge in [0.05, 0.1) is 6.04 Å². The van der Waals surface area contributed by atoms with Gasteiger partial charge in [0.15, 0.2) is 0 Å². The van der Waals surface area contributed by atoms with Gasteiger partial charge in [-0.3, -0.25) is 4.79 Å². The molecule has 1 aliphatic heterocycles. The van der Waals surface area contributed by atoms with Crippen LogP contribution in [-0.4, -0.2) is 29.4 Å². The number of likely N-dealkylation sites (tertiary alicyclic amines) is 1. The average Bonchev–Trinajstić information content (AvgIpc) is 2.61. The summed E-state index contributed by atoms with van der Waals surface area (Å²) in [5.74, 6) is 0.131. The molecular weight excluding hydrogens is 188 g/mol. The Morgan fingerprint density at radius 2 is 2.13 bits per heavy atom. The Balaban J connectivity index is 2.68. The maximum atomic E-state index is 12.2. The molecular formula is C12H24N2O. The Bertz CT molecular complexity index is 232. The number of hydrogen-bond donors (Lipinski definition) is 1. The Morgan fingerprint density at radius 3 is 2.60 bits per heavy atom. The van der Waals surface area contributed by atoms with Crippen molar-refractivity contribution < 1.29 is 4.79 Å². The predicted octanol–water partition coefficient (Wildman–Crippen LogP) is 1.76. The van der Waals surface area contributed by atoms with Crippen molar-refractivity contribution in [3.63, 3.8) is 0 Å². The number of hydrogen-bond acceptors (Lipinski definition) is 2. The molecule has 1 saturated heterocycles. The van der Waals surface area contributed by atoms with Crippen LogP contribution in [0.1, 0.15) is 47.0 Å². The van der Waals surface area contributed by atoms with Gasteiger partial charge in [-0.25, -0.2) is 0 Å². The second-order valence-electron chi connectivity index (χ2n) is 5.58. The predicted molar refractivity (Wildman–Crippen MR) is 62.5 cm³/mol. The second kappa shape index (κ2) is 4.52. The summed E-state index contributed by atoms with van der Waals surface area (Å²) in [5.41, 5.74) is 5.86. The van der Waals surface area contributed by atoms with Crippen LogP contribution >= 0.6 is 0 Å². The normalized spacial score (nSPS) is 24.3. The summed E-state index contributed by atoms with van der Waals surface area (Å²) in [6.07, 6.45) is 3.31. The first kappa shape index (κ1) is 12.5. The van der Waals surface area contributed by atoms with Gasteiger partial charge >= 0.3 is 0 Å². The molecule has 0 saturated carbocycles. The first-order chi connectivity index (χ1) is 6.88. The van der Waals surface area contributed by atoms with Crippen LogP contribution in [0, 0.1) is 5.41 Å². The number of rotatable bonds is 2. The maximum absolute atomic E-state index is 12.2. The first-order valence-corrected chi connectivity index (χ1v) is 5.94. The zero-order valence-electron chi connectivity index (χ0n) is 10.4. The molecule has 2 N–H and O–H groups in total. The lowest BCUT2D eigenvalue weighted by molar-refractivity contribution is -0.135. The highest BCUT2D eigenvalue weighted by atomic mass is 16.2. The zero-order chi connectivity index (χ0) is 11.6. The fraction of sp³-hybridized carbons (Fsp3) is 0.917. The Hall–Kier alpha value is -0.570. The fourth-order valence-electron chi connectivity index (χ4n) is 2.10. The molecule has 88 valence electrons. The molecule has 1 fully saturated rings. The van der Waals surface area contributed by atoms with Crippen molar-refractivity contribution >= 4 is 5.91 Å².